The lowest BCUT2D eigenvalue weighted by atomic mass is 9.96. The van der Waals surface area contributed by atoms with E-state index in [0.717, 1.165) is 31.7 Å². The second-order valence-electron chi connectivity index (χ2n) is 5.96. The van der Waals surface area contributed by atoms with Gasteiger partial charge in [-0.2, -0.15) is 5.10 Å². The van der Waals surface area contributed by atoms with Crippen molar-refractivity contribution in [2.24, 2.45) is 7.05 Å². The van der Waals surface area contributed by atoms with Crippen molar-refractivity contribution in [3.8, 4) is 5.88 Å². The highest BCUT2D eigenvalue weighted by Crippen LogP contribution is 2.28. The van der Waals surface area contributed by atoms with E-state index >= 15 is 0 Å². The summed E-state index contributed by atoms with van der Waals surface area (Å²) in [5, 5.41) is 8.17. The lowest BCUT2D eigenvalue weighted by Crippen LogP contribution is -2.14. The van der Waals surface area contributed by atoms with Crippen LogP contribution in [0.4, 0.5) is 5.69 Å². The van der Waals surface area contributed by atoms with Crippen LogP contribution in [0.5, 0.6) is 5.88 Å². The van der Waals surface area contributed by atoms with Crippen LogP contribution in [0.25, 0.3) is 0 Å². The summed E-state index contributed by atoms with van der Waals surface area (Å²) in [5.74, 6) is 1.13. The summed E-state index contributed by atoms with van der Waals surface area (Å²) in [6.45, 7) is 3.80. The number of rotatable bonds is 5. The molecule has 23 heavy (non-hydrogen) atoms. The molecule has 6 nitrogen and oxygen atoms in total. The zero-order valence-corrected chi connectivity index (χ0v) is 14.0. The van der Waals surface area contributed by atoms with Gasteiger partial charge in [-0.15, -0.1) is 0 Å². The smallest absolute Gasteiger partial charge is 0.213 e. The summed E-state index contributed by atoms with van der Waals surface area (Å²) in [6, 6.07) is 6.19. The third-order valence-corrected chi connectivity index (χ3v) is 4.35. The van der Waals surface area contributed by atoms with Gasteiger partial charge in [-0.05, 0) is 31.9 Å². The number of aryl methyl sites for hydroxylation is 1. The zero-order valence-electron chi connectivity index (χ0n) is 14.0. The molecular formula is C17H24N4O2. The average molecular weight is 316 g/mol. The minimum Gasteiger partial charge on any atom is -0.481 e. The van der Waals surface area contributed by atoms with Crippen LogP contribution in [-0.4, -0.2) is 35.1 Å². The van der Waals surface area contributed by atoms with Crippen molar-refractivity contribution in [1.29, 1.82) is 0 Å². The molecule has 1 atom stereocenters. The highest BCUT2D eigenvalue weighted by Gasteiger charge is 2.21. The van der Waals surface area contributed by atoms with Crippen LogP contribution in [0.2, 0.25) is 0 Å². The van der Waals surface area contributed by atoms with Crippen LogP contribution < -0.4 is 10.1 Å². The van der Waals surface area contributed by atoms with E-state index in [1.165, 1.54) is 11.4 Å². The van der Waals surface area contributed by atoms with Gasteiger partial charge in [-0.1, -0.05) is 0 Å². The lowest BCUT2D eigenvalue weighted by Gasteiger charge is -2.19. The maximum atomic E-state index is 5.44. The van der Waals surface area contributed by atoms with E-state index in [1.807, 2.05) is 23.9 Å². The minimum atomic E-state index is 0.149. The van der Waals surface area contributed by atoms with Gasteiger partial charge in [0.25, 0.3) is 0 Å². The molecular weight excluding hydrogens is 292 g/mol. The van der Waals surface area contributed by atoms with Crippen molar-refractivity contribution in [3.63, 3.8) is 0 Å². The first kappa shape index (κ1) is 15.8. The molecule has 0 aromatic carbocycles. The molecule has 0 bridgehead atoms. The van der Waals surface area contributed by atoms with Crippen LogP contribution in [0, 0.1) is 0 Å². The number of pyridine rings is 1. The van der Waals surface area contributed by atoms with E-state index in [1.54, 1.807) is 13.3 Å². The van der Waals surface area contributed by atoms with Crippen LogP contribution >= 0.6 is 0 Å². The first-order valence-electron chi connectivity index (χ1n) is 8.05. The fourth-order valence-corrected chi connectivity index (χ4v) is 3.01. The Hall–Kier alpha value is -2.08. The first-order chi connectivity index (χ1) is 11.2. The fourth-order valence-electron chi connectivity index (χ4n) is 3.01. The van der Waals surface area contributed by atoms with E-state index in [4.69, 9.17) is 14.6 Å². The quantitative estimate of drug-likeness (QED) is 0.919. The minimum absolute atomic E-state index is 0.149. The number of hydrogen-bond acceptors (Lipinski definition) is 5. The standard InChI is InChI=1S/C17H24N4O2/c1-12(19-14-4-5-17(22-3)18-11-14)16-10-15(20-21(16)2)13-6-8-23-9-7-13/h4-5,10-13,19H,6-9H2,1-3H3. The van der Waals surface area contributed by atoms with Gasteiger partial charge in [0.05, 0.1) is 36.4 Å². The predicted molar refractivity (Wildman–Crippen MR) is 88.8 cm³/mol. The van der Waals surface area contributed by atoms with Gasteiger partial charge in [-0.25, -0.2) is 4.98 Å². The van der Waals surface area contributed by atoms with Gasteiger partial charge in [0.1, 0.15) is 0 Å². The predicted octanol–water partition coefficient (Wildman–Crippen LogP) is 2.89. The topological polar surface area (TPSA) is 61.2 Å². The number of ether oxygens (including phenoxy) is 2. The van der Waals surface area contributed by atoms with Crippen molar-refractivity contribution < 1.29 is 9.47 Å². The molecule has 0 radical (unpaired) electrons. The van der Waals surface area contributed by atoms with Gasteiger partial charge in [0.15, 0.2) is 0 Å². The molecule has 1 saturated heterocycles. The van der Waals surface area contributed by atoms with Crippen molar-refractivity contribution >= 4 is 5.69 Å². The first-order valence-corrected chi connectivity index (χ1v) is 8.05. The molecule has 1 aliphatic heterocycles. The molecule has 6 heteroatoms. The third kappa shape index (κ3) is 3.64. The molecule has 0 amide bonds. The van der Waals surface area contributed by atoms with Gasteiger partial charge in [0, 0.05) is 32.2 Å². The Kier molecular flexibility index (Phi) is 4.81. The van der Waals surface area contributed by atoms with Crippen LogP contribution in [-0.2, 0) is 11.8 Å². The Morgan fingerprint density at radius 2 is 2.13 bits per heavy atom. The molecule has 0 aliphatic carbocycles. The third-order valence-electron chi connectivity index (χ3n) is 4.35. The molecule has 124 valence electrons. The highest BCUT2D eigenvalue weighted by atomic mass is 16.5. The van der Waals surface area contributed by atoms with Crippen LogP contribution in [0.15, 0.2) is 24.4 Å². The fraction of sp³-hybridized carbons (Fsp3) is 0.529. The summed E-state index contributed by atoms with van der Waals surface area (Å²) >= 11 is 0. The summed E-state index contributed by atoms with van der Waals surface area (Å²) in [7, 11) is 3.62. The molecule has 1 fully saturated rings. The van der Waals surface area contributed by atoms with Crippen molar-refractivity contribution in [3.05, 3.63) is 35.8 Å². The number of nitrogens with zero attached hydrogens (tertiary/aromatic N) is 3. The Balaban J connectivity index is 1.70. The summed E-state index contributed by atoms with van der Waals surface area (Å²) < 4.78 is 12.5. The zero-order chi connectivity index (χ0) is 16.2. The molecule has 1 unspecified atom stereocenters. The number of methoxy groups -OCH3 is 1. The Morgan fingerprint density at radius 3 is 2.78 bits per heavy atom. The highest BCUT2D eigenvalue weighted by molar-refractivity contribution is 5.44. The van der Waals surface area contributed by atoms with Crippen LogP contribution in [0.3, 0.4) is 0 Å². The summed E-state index contributed by atoms with van der Waals surface area (Å²) in [6.07, 6.45) is 3.90. The van der Waals surface area contributed by atoms with E-state index in [2.05, 4.69) is 23.3 Å². The van der Waals surface area contributed by atoms with Gasteiger partial charge in [0.2, 0.25) is 5.88 Å². The van der Waals surface area contributed by atoms with Crippen molar-refractivity contribution in [2.45, 2.75) is 31.7 Å². The summed E-state index contributed by atoms with van der Waals surface area (Å²) in [4.78, 5) is 4.22. The lowest BCUT2D eigenvalue weighted by molar-refractivity contribution is 0.0844. The average Bonchev–Trinajstić information content (AvgIpc) is 2.98. The van der Waals surface area contributed by atoms with Gasteiger partial charge in [-0.3, -0.25) is 4.68 Å². The SMILES string of the molecule is COc1ccc(NC(C)c2cc(C3CCOCC3)nn2C)cn1. The maximum Gasteiger partial charge on any atom is 0.213 e. The van der Waals surface area contributed by atoms with E-state index in [0.29, 0.717) is 11.8 Å². The number of anilines is 1. The molecule has 0 spiro atoms. The molecule has 3 heterocycles. The molecule has 2 aromatic rings. The van der Waals surface area contributed by atoms with E-state index < -0.39 is 0 Å². The Labute approximate surface area is 136 Å². The van der Waals surface area contributed by atoms with Crippen molar-refractivity contribution in [2.75, 3.05) is 25.6 Å². The number of nitrogens with one attached hydrogen (secondary N) is 1. The molecule has 2 aromatic heterocycles. The monoisotopic (exact) mass is 316 g/mol. The second-order valence-corrected chi connectivity index (χ2v) is 5.96. The number of aromatic nitrogens is 3. The molecule has 3 rings (SSSR count). The van der Waals surface area contributed by atoms with Crippen LogP contribution in [0.1, 0.15) is 43.1 Å². The summed E-state index contributed by atoms with van der Waals surface area (Å²) in [5.41, 5.74) is 3.31. The Bertz CT molecular complexity index is 633. The molecule has 1 N–H and O–H groups in total. The normalized spacial score (nSPS) is 17.0. The van der Waals surface area contributed by atoms with Crippen molar-refractivity contribution in [1.82, 2.24) is 14.8 Å². The molecule has 1 aliphatic rings. The Morgan fingerprint density at radius 1 is 1.35 bits per heavy atom. The number of hydrogen-bond donors (Lipinski definition) is 1. The van der Waals surface area contributed by atoms with E-state index in [-0.39, 0.29) is 6.04 Å². The second kappa shape index (κ2) is 7.00. The van der Waals surface area contributed by atoms with Gasteiger partial charge >= 0.3 is 0 Å². The maximum absolute atomic E-state index is 5.44. The molecule has 0 saturated carbocycles. The van der Waals surface area contributed by atoms with E-state index in [9.17, 15) is 0 Å². The largest absolute Gasteiger partial charge is 0.481 e. The van der Waals surface area contributed by atoms with Gasteiger partial charge < -0.3 is 14.8 Å².